The minimum atomic E-state index is -0.548. The van der Waals surface area contributed by atoms with Gasteiger partial charge in [-0.05, 0) is 35.0 Å². The predicted octanol–water partition coefficient (Wildman–Crippen LogP) is 1.43. The minimum Gasteiger partial charge on any atom is -0.378 e. The van der Waals surface area contributed by atoms with Crippen LogP contribution in [0.25, 0.3) is 0 Å². The van der Waals surface area contributed by atoms with Gasteiger partial charge >= 0.3 is 0 Å². The van der Waals surface area contributed by atoms with Gasteiger partial charge in [-0.25, -0.2) is 0 Å². The summed E-state index contributed by atoms with van der Waals surface area (Å²) in [6.45, 7) is 3.96. The average Bonchev–Trinajstić information content (AvgIpc) is 2.47. The van der Waals surface area contributed by atoms with Gasteiger partial charge in [0.05, 0.1) is 18.8 Å². The Balaban J connectivity index is 1.97. The number of morpholine rings is 1. The van der Waals surface area contributed by atoms with E-state index in [1.165, 1.54) is 0 Å². The van der Waals surface area contributed by atoms with E-state index >= 15 is 0 Å². The summed E-state index contributed by atoms with van der Waals surface area (Å²) >= 11 is 3.33. The summed E-state index contributed by atoms with van der Waals surface area (Å²) in [6, 6.07) is 6.58. The molecule has 0 aliphatic carbocycles. The van der Waals surface area contributed by atoms with Gasteiger partial charge in [0.2, 0.25) is 5.91 Å². The van der Waals surface area contributed by atoms with Crippen LogP contribution >= 0.6 is 15.9 Å². The van der Waals surface area contributed by atoms with E-state index in [-0.39, 0.29) is 11.8 Å². The van der Waals surface area contributed by atoms with Gasteiger partial charge in [0, 0.05) is 17.6 Å². The zero-order chi connectivity index (χ0) is 14.5. The molecular formula is C14H17BrN2O3. The number of rotatable bonds is 3. The highest BCUT2D eigenvalue weighted by molar-refractivity contribution is 9.10. The fourth-order valence-electron chi connectivity index (χ4n) is 2.04. The summed E-state index contributed by atoms with van der Waals surface area (Å²) in [5.74, 6) is -0.333. The highest BCUT2D eigenvalue weighted by Crippen LogP contribution is 2.15. The maximum absolute atomic E-state index is 12.2. The molecule has 6 heteroatoms. The molecule has 1 aromatic rings. The first-order valence-corrected chi connectivity index (χ1v) is 7.31. The summed E-state index contributed by atoms with van der Waals surface area (Å²) in [7, 11) is 0. The Kier molecular flexibility index (Phi) is 5.14. The molecule has 2 rings (SSSR count). The number of carbonyl (C=O) groups excluding carboxylic acids is 2. The van der Waals surface area contributed by atoms with E-state index in [1.807, 2.05) is 6.07 Å². The third-order valence-electron chi connectivity index (χ3n) is 3.16. The van der Waals surface area contributed by atoms with Crippen LogP contribution in [0.4, 0.5) is 0 Å². The van der Waals surface area contributed by atoms with Crippen LogP contribution in [0.1, 0.15) is 17.3 Å². The molecule has 0 bridgehead atoms. The molecule has 1 aliphatic rings. The van der Waals surface area contributed by atoms with Crippen molar-refractivity contribution in [2.75, 3.05) is 26.3 Å². The van der Waals surface area contributed by atoms with E-state index in [0.29, 0.717) is 36.3 Å². The molecule has 1 N–H and O–H groups in total. The first-order chi connectivity index (χ1) is 9.59. The summed E-state index contributed by atoms with van der Waals surface area (Å²) < 4.78 is 5.92. The van der Waals surface area contributed by atoms with Crippen molar-refractivity contribution >= 4 is 27.7 Å². The van der Waals surface area contributed by atoms with Gasteiger partial charge in [-0.15, -0.1) is 0 Å². The summed E-state index contributed by atoms with van der Waals surface area (Å²) in [5, 5.41) is 2.73. The quantitative estimate of drug-likeness (QED) is 0.905. The molecule has 1 heterocycles. The smallest absolute Gasteiger partial charge is 0.253 e. The van der Waals surface area contributed by atoms with E-state index in [0.717, 1.165) is 0 Å². The van der Waals surface area contributed by atoms with Crippen molar-refractivity contribution in [1.29, 1.82) is 0 Å². The molecule has 0 radical (unpaired) electrons. The maximum Gasteiger partial charge on any atom is 0.253 e. The molecule has 1 unspecified atom stereocenters. The van der Waals surface area contributed by atoms with Crippen molar-refractivity contribution in [3.05, 3.63) is 34.3 Å². The average molecular weight is 341 g/mol. The number of hydrogen-bond acceptors (Lipinski definition) is 3. The third-order valence-corrected chi connectivity index (χ3v) is 3.85. The van der Waals surface area contributed by atoms with Crippen molar-refractivity contribution in [2.24, 2.45) is 0 Å². The van der Waals surface area contributed by atoms with Gasteiger partial charge in [-0.1, -0.05) is 12.1 Å². The normalized spacial score (nSPS) is 16.6. The van der Waals surface area contributed by atoms with E-state index in [1.54, 1.807) is 30.0 Å². The molecular weight excluding hydrogens is 324 g/mol. The topological polar surface area (TPSA) is 58.6 Å². The SMILES string of the molecule is CC(NC(=O)c1ccccc1Br)C(=O)N1CCOCC1. The number of nitrogens with one attached hydrogen (secondary N) is 1. The van der Waals surface area contributed by atoms with Crippen LogP contribution in [0.2, 0.25) is 0 Å². The van der Waals surface area contributed by atoms with Gasteiger partial charge in [-0.3, -0.25) is 9.59 Å². The zero-order valence-corrected chi connectivity index (χ0v) is 12.9. The summed E-state index contributed by atoms with van der Waals surface area (Å²) in [4.78, 5) is 26.0. The Labute approximate surface area is 126 Å². The molecule has 1 aromatic carbocycles. The number of carbonyl (C=O) groups is 2. The van der Waals surface area contributed by atoms with Crippen molar-refractivity contribution in [1.82, 2.24) is 10.2 Å². The number of amides is 2. The standard InChI is InChI=1S/C14H17BrN2O3/c1-10(14(19)17-6-8-20-9-7-17)16-13(18)11-4-2-3-5-12(11)15/h2-5,10H,6-9H2,1H3,(H,16,18). The molecule has 1 aliphatic heterocycles. The Hall–Kier alpha value is -1.40. The second-order valence-electron chi connectivity index (χ2n) is 4.61. The van der Waals surface area contributed by atoms with Crippen molar-refractivity contribution in [3.8, 4) is 0 Å². The van der Waals surface area contributed by atoms with Crippen LogP contribution in [0, 0.1) is 0 Å². The molecule has 1 fully saturated rings. The predicted molar refractivity (Wildman–Crippen MR) is 78.5 cm³/mol. The highest BCUT2D eigenvalue weighted by atomic mass is 79.9. The van der Waals surface area contributed by atoms with Crippen molar-refractivity contribution in [3.63, 3.8) is 0 Å². The van der Waals surface area contributed by atoms with Crippen LogP contribution in [0.3, 0.4) is 0 Å². The van der Waals surface area contributed by atoms with Crippen LogP contribution in [-0.2, 0) is 9.53 Å². The van der Waals surface area contributed by atoms with E-state index in [2.05, 4.69) is 21.2 Å². The van der Waals surface area contributed by atoms with Gasteiger partial charge in [0.1, 0.15) is 6.04 Å². The number of ether oxygens (including phenoxy) is 1. The molecule has 108 valence electrons. The molecule has 5 nitrogen and oxygen atoms in total. The van der Waals surface area contributed by atoms with E-state index in [4.69, 9.17) is 4.74 Å². The number of nitrogens with zero attached hydrogens (tertiary/aromatic N) is 1. The molecule has 1 saturated heterocycles. The molecule has 20 heavy (non-hydrogen) atoms. The molecule has 0 aromatic heterocycles. The Morgan fingerprint density at radius 3 is 2.60 bits per heavy atom. The Morgan fingerprint density at radius 1 is 1.30 bits per heavy atom. The summed E-state index contributed by atoms with van der Waals surface area (Å²) in [6.07, 6.45) is 0. The van der Waals surface area contributed by atoms with Crippen LogP contribution in [-0.4, -0.2) is 49.1 Å². The maximum atomic E-state index is 12.2. The Morgan fingerprint density at radius 2 is 1.95 bits per heavy atom. The highest BCUT2D eigenvalue weighted by Gasteiger charge is 2.24. The molecule has 2 amide bonds. The zero-order valence-electron chi connectivity index (χ0n) is 11.3. The first-order valence-electron chi connectivity index (χ1n) is 6.51. The van der Waals surface area contributed by atoms with Crippen molar-refractivity contribution in [2.45, 2.75) is 13.0 Å². The van der Waals surface area contributed by atoms with Crippen LogP contribution < -0.4 is 5.32 Å². The third kappa shape index (κ3) is 3.58. The summed E-state index contributed by atoms with van der Waals surface area (Å²) in [5.41, 5.74) is 0.522. The molecule has 0 spiro atoms. The van der Waals surface area contributed by atoms with Gasteiger partial charge < -0.3 is 15.0 Å². The Bertz CT molecular complexity index is 501. The lowest BCUT2D eigenvalue weighted by Gasteiger charge is -2.29. The lowest BCUT2D eigenvalue weighted by atomic mass is 10.2. The van der Waals surface area contributed by atoms with Crippen LogP contribution in [0.15, 0.2) is 28.7 Å². The van der Waals surface area contributed by atoms with Gasteiger partial charge in [-0.2, -0.15) is 0 Å². The minimum absolute atomic E-state index is 0.0753. The number of hydrogen-bond donors (Lipinski definition) is 1. The monoisotopic (exact) mass is 340 g/mol. The fourth-order valence-corrected chi connectivity index (χ4v) is 2.50. The lowest BCUT2D eigenvalue weighted by Crippen LogP contribution is -2.50. The van der Waals surface area contributed by atoms with Gasteiger partial charge in [0.25, 0.3) is 5.91 Å². The number of benzene rings is 1. The molecule has 1 atom stereocenters. The lowest BCUT2D eigenvalue weighted by molar-refractivity contribution is -0.136. The van der Waals surface area contributed by atoms with E-state index in [9.17, 15) is 9.59 Å². The largest absolute Gasteiger partial charge is 0.378 e. The van der Waals surface area contributed by atoms with Gasteiger partial charge in [0.15, 0.2) is 0 Å². The van der Waals surface area contributed by atoms with Crippen LogP contribution in [0.5, 0.6) is 0 Å². The van der Waals surface area contributed by atoms with E-state index < -0.39 is 6.04 Å². The first kappa shape index (κ1) is 15.0. The second kappa shape index (κ2) is 6.85. The molecule has 0 saturated carbocycles. The second-order valence-corrected chi connectivity index (χ2v) is 5.47. The van der Waals surface area contributed by atoms with Crippen molar-refractivity contribution < 1.29 is 14.3 Å². The number of halogens is 1. The fraction of sp³-hybridized carbons (Fsp3) is 0.429.